The molecule has 0 aliphatic carbocycles. The molecule has 0 aliphatic rings. The molecule has 270 valence electrons. The molecule has 0 fully saturated rings. The Labute approximate surface area is 323 Å². The van der Waals surface area contributed by atoms with E-state index in [9.17, 15) is 0 Å². The van der Waals surface area contributed by atoms with Gasteiger partial charge in [-0.05, 0) is 113 Å². The Kier molecular flexibility index (Phi) is 13.2. The summed E-state index contributed by atoms with van der Waals surface area (Å²) in [7, 11) is 0. The molecule has 0 radical (unpaired) electrons. The van der Waals surface area contributed by atoms with Gasteiger partial charge in [-0.2, -0.15) is 0 Å². The molecule has 0 spiro atoms. The molecule has 0 bridgehead atoms. The molecule has 0 nitrogen and oxygen atoms in total. The van der Waals surface area contributed by atoms with Gasteiger partial charge in [0.05, 0.1) is 0 Å². The van der Waals surface area contributed by atoms with Crippen molar-refractivity contribution in [1.29, 1.82) is 0 Å². The van der Waals surface area contributed by atoms with E-state index < -0.39 is 0 Å². The van der Waals surface area contributed by atoms with Crippen molar-refractivity contribution >= 4 is 53.9 Å². The summed E-state index contributed by atoms with van der Waals surface area (Å²) < 4.78 is 0. The maximum atomic E-state index is 3.36. The van der Waals surface area contributed by atoms with Crippen molar-refractivity contribution in [2.24, 2.45) is 5.92 Å². The van der Waals surface area contributed by atoms with Gasteiger partial charge in [0.1, 0.15) is 0 Å². The highest BCUT2D eigenvalue weighted by Gasteiger charge is 2.15. The first-order chi connectivity index (χ1) is 25.9. The van der Waals surface area contributed by atoms with E-state index in [1.54, 1.807) is 12.2 Å². The standard InChI is InChI=1S/C42H26.C5H12.2C3H6.CH4/c1-2-8-33-26-34(17-12-27(33)6-1)38-23-19-32-20-24-39-37(22-18-31-21-25-40(38)42(32)41(31)39)30-15-13-29(14-16-30)36-11-5-9-28-7-3-4-10-35(28)36;1-4-5(2)3;2*1-3-2;/h1-26H;5H,4H2,1-3H3;2*3H,1H2,2H3;1H4. The van der Waals surface area contributed by atoms with Crippen LogP contribution < -0.4 is 0 Å². The van der Waals surface area contributed by atoms with Crippen LogP contribution in [0, 0.1) is 5.92 Å². The molecule has 0 aliphatic heterocycles. The number of fused-ring (bicyclic) bond motifs is 2. The Bertz CT molecular complexity index is 2610. The zero-order valence-electron chi connectivity index (χ0n) is 31.9. The highest BCUT2D eigenvalue weighted by molar-refractivity contribution is 6.27. The molecular weight excluding hydrogens is 649 g/mol. The molecule has 0 atom stereocenters. The van der Waals surface area contributed by atoms with Crippen molar-refractivity contribution in [2.75, 3.05) is 0 Å². The van der Waals surface area contributed by atoms with Crippen molar-refractivity contribution in [3.63, 3.8) is 0 Å². The molecule has 0 N–H and O–H groups in total. The monoisotopic (exact) mass is 702 g/mol. The number of hydrogen-bond donors (Lipinski definition) is 0. The molecule has 0 unspecified atom stereocenters. The van der Waals surface area contributed by atoms with Crippen molar-refractivity contribution in [1.82, 2.24) is 0 Å². The Morgan fingerprint density at radius 2 is 0.815 bits per heavy atom. The van der Waals surface area contributed by atoms with Crippen LogP contribution in [-0.2, 0) is 0 Å². The van der Waals surface area contributed by atoms with E-state index in [2.05, 4.69) is 192 Å². The predicted octanol–water partition coefficient (Wildman–Crippen LogP) is 17.0. The molecular formula is C54H54. The number of allylic oxidation sites excluding steroid dienone is 2. The fourth-order valence-corrected chi connectivity index (χ4v) is 6.97. The van der Waals surface area contributed by atoms with Crippen LogP contribution in [0.5, 0.6) is 0 Å². The summed E-state index contributed by atoms with van der Waals surface area (Å²) in [6.07, 6.45) is 4.81. The van der Waals surface area contributed by atoms with Gasteiger partial charge in [-0.25, -0.2) is 0 Å². The lowest BCUT2D eigenvalue weighted by Crippen LogP contribution is -1.90. The van der Waals surface area contributed by atoms with E-state index in [0.717, 1.165) is 5.92 Å². The van der Waals surface area contributed by atoms with Crippen LogP contribution in [0.15, 0.2) is 183 Å². The summed E-state index contributed by atoms with van der Waals surface area (Å²) in [5.41, 5.74) is 7.58. The molecule has 0 heterocycles. The number of rotatable bonds is 4. The highest BCUT2D eigenvalue weighted by Crippen LogP contribution is 2.43. The van der Waals surface area contributed by atoms with Crippen molar-refractivity contribution in [2.45, 2.75) is 48.5 Å². The van der Waals surface area contributed by atoms with Gasteiger partial charge in [-0.15, -0.1) is 13.2 Å². The fourth-order valence-electron chi connectivity index (χ4n) is 6.97. The van der Waals surface area contributed by atoms with Crippen LogP contribution in [0.4, 0.5) is 0 Å². The van der Waals surface area contributed by atoms with E-state index in [0.29, 0.717) is 0 Å². The first kappa shape index (κ1) is 39.2. The molecule has 9 aromatic carbocycles. The molecule has 9 rings (SSSR count). The van der Waals surface area contributed by atoms with E-state index >= 15 is 0 Å². The second-order valence-corrected chi connectivity index (χ2v) is 13.9. The fraction of sp³-hybridized carbons (Fsp3) is 0.148. The van der Waals surface area contributed by atoms with Gasteiger partial charge >= 0.3 is 0 Å². The lowest BCUT2D eigenvalue weighted by molar-refractivity contribution is 0.626. The molecule has 0 aromatic heterocycles. The molecule has 0 amide bonds. The van der Waals surface area contributed by atoms with Gasteiger partial charge in [0.15, 0.2) is 0 Å². The van der Waals surface area contributed by atoms with Crippen LogP contribution in [-0.4, -0.2) is 0 Å². The highest BCUT2D eigenvalue weighted by atomic mass is 14.2. The Morgan fingerprint density at radius 3 is 1.35 bits per heavy atom. The third kappa shape index (κ3) is 8.14. The largest absolute Gasteiger partial charge is 0.103 e. The van der Waals surface area contributed by atoms with E-state index in [4.69, 9.17) is 0 Å². The minimum absolute atomic E-state index is 0. The zero-order chi connectivity index (χ0) is 37.3. The van der Waals surface area contributed by atoms with Gasteiger partial charge in [0.25, 0.3) is 0 Å². The summed E-state index contributed by atoms with van der Waals surface area (Å²) in [4.78, 5) is 0. The van der Waals surface area contributed by atoms with Crippen LogP contribution in [0.3, 0.4) is 0 Å². The quantitative estimate of drug-likeness (QED) is 0.126. The summed E-state index contributed by atoms with van der Waals surface area (Å²) in [5, 5.41) is 13.0. The van der Waals surface area contributed by atoms with Gasteiger partial charge in [0, 0.05) is 0 Å². The van der Waals surface area contributed by atoms with Gasteiger partial charge in [-0.3, -0.25) is 0 Å². The Morgan fingerprint density at radius 1 is 0.426 bits per heavy atom. The molecule has 54 heavy (non-hydrogen) atoms. The molecule has 0 saturated carbocycles. The lowest BCUT2D eigenvalue weighted by atomic mass is 9.87. The third-order valence-corrected chi connectivity index (χ3v) is 9.84. The van der Waals surface area contributed by atoms with Gasteiger partial charge < -0.3 is 0 Å². The summed E-state index contributed by atoms with van der Waals surface area (Å²) in [6, 6.07) is 58.1. The second kappa shape index (κ2) is 18.2. The van der Waals surface area contributed by atoms with Gasteiger partial charge in [-0.1, -0.05) is 198 Å². The van der Waals surface area contributed by atoms with Crippen molar-refractivity contribution in [3.05, 3.63) is 183 Å². The smallest absolute Gasteiger partial charge is 0.00203 e. The number of hydrogen-bond acceptors (Lipinski definition) is 0. The molecule has 0 saturated heterocycles. The first-order valence-corrected chi connectivity index (χ1v) is 18.8. The minimum Gasteiger partial charge on any atom is -0.103 e. The van der Waals surface area contributed by atoms with E-state index in [-0.39, 0.29) is 7.43 Å². The predicted molar refractivity (Wildman–Crippen MR) is 245 cm³/mol. The second-order valence-electron chi connectivity index (χ2n) is 13.9. The number of benzene rings is 9. The zero-order valence-corrected chi connectivity index (χ0v) is 31.9. The maximum Gasteiger partial charge on any atom is -0.00203 e. The van der Waals surface area contributed by atoms with Crippen molar-refractivity contribution < 1.29 is 0 Å². The van der Waals surface area contributed by atoms with Crippen LogP contribution >= 0.6 is 0 Å². The molecule has 9 aromatic rings. The van der Waals surface area contributed by atoms with E-state index in [1.165, 1.54) is 93.7 Å². The van der Waals surface area contributed by atoms with Crippen LogP contribution in [0.25, 0.3) is 87.2 Å². The minimum atomic E-state index is 0. The average Bonchev–Trinajstić information content (AvgIpc) is 3.20. The summed E-state index contributed by atoms with van der Waals surface area (Å²) in [6.45, 7) is 17.1. The van der Waals surface area contributed by atoms with E-state index in [1.807, 2.05) is 13.8 Å². The summed E-state index contributed by atoms with van der Waals surface area (Å²) >= 11 is 0. The lowest BCUT2D eigenvalue weighted by Gasteiger charge is -2.17. The Balaban J connectivity index is 0.000000418. The molecule has 0 heteroatoms. The van der Waals surface area contributed by atoms with Crippen LogP contribution in [0.2, 0.25) is 0 Å². The Hall–Kier alpha value is -5.98. The average molecular weight is 703 g/mol. The van der Waals surface area contributed by atoms with Gasteiger partial charge in [0.2, 0.25) is 0 Å². The SMILES string of the molecule is C.C=CC.C=CC.CCC(C)C.c1ccc2cc(-c3ccc4ccc5c(-c6ccc(-c7cccc8ccccc78)cc6)ccc6ccc3c4c65)ccc2c1. The normalized spacial score (nSPS) is 10.6. The first-order valence-electron chi connectivity index (χ1n) is 18.8. The summed E-state index contributed by atoms with van der Waals surface area (Å²) in [5.74, 6) is 0.884. The van der Waals surface area contributed by atoms with Crippen LogP contribution in [0.1, 0.15) is 48.5 Å². The maximum absolute atomic E-state index is 3.36. The third-order valence-electron chi connectivity index (χ3n) is 9.84. The topological polar surface area (TPSA) is 0 Å². The van der Waals surface area contributed by atoms with Crippen molar-refractivity contribution in [3.8, 4) is 33.4 Å².